The molecule has 0 fully saturated rings. The molecule has 3 heteroatoms. The summed E-state index contributed by atoms with van der Waals surface area (Å²) in [5.74, 6) is 0. The normalized spacial score (nSPS) is 10.9. The molecule has 0 unspecified atom stereocenters. The third-order valence-electron chi connectivity index (χ3n) is 2.11. The Morgan fingerprint density at radius 3 is 2.92 bits per heavy atom. The van der Waals surface area contributed by atoms with E-state index in [1.54, 1.807) is 0 Å². The van der Waals surface area contributed by atoms with E-state index in [-0.39, 0.29) is 0 Å². The predicted octanol–water partition coefficient (Wildman–Crippen LogP) is 2.36. The smallest absolute Gasteiger partial charge is 0.0625 e. The number of benzene rings is 1. The lowest BCUT2D eigenvalue weighted by Gasteiger charge is -2.03. The number of para-hydroxylation sites is 1. The van der Waals surface area contributed by atoms with E-state index in [1.165, 1.54) is 10.9 Å². The number of aromatic nitrogens is 1. The van der Waals surface area contributed by atoms with Crippen molar-refractivity contribution in [1.29, 1.82) is 0 Å². The molecular formula is C10H11BrN2. The summed E-state index contributed by atoms with van der Waals surface area (Å²) in [4.78, 5) is 0. The fourth-order valence-electron chi connectivity index (χ4n) is 1.54. The molecule has 0 aliphatic heterocycles. The highest BCUT2D eigenvalue weighted by Gasteiger charge is 2.02. The van der Waals surface area contributed by atoms with Crippen LogP contribution in [-0.2, 0) is 6.54 Å². The van der Waals surface area contributed by atoms with Gasteiger partial charge in [0.05, 0.1) is 5.52 Å². The Kier molecular flexibility index (Phi) is 2.38. The van der Waals surface area contributed by atoms with Crippen LogP contribution in [0.25, 0.3) is 10.9 Å². The van der Waals surface area contributed by atoms with E-state index in [0.29, 0.717) is 6.54 Å². The third kappa shape index (κ3) is 1.49. The lowest BCUT2D eigenvalue weighted by molar-refractivity contribution is 0.734. The van der Waals surface area contributed by atoms with Crippen molar-refractivity contribution < 1.29 is 0 Å². The molecule has 0 aliphatic carbocycles. The van der Waals surface area contributed by atoms with Gasteiger partial charge in [-0.25, -0.2) is 0 Å². The van der Waals surface area contributed by atoms with E-state index in [9.17, 15) is 0 Å². The van der Waals surface area contributed by atoms with Gasteiger partial charge in [-0.1, -0.05) is 12.1 Å². The molecule has 0 aliphatic rings. The number of hydrogen-bond donors (Lipinski definition) is 1. The molecule has 0 saturated heterocycles. The summed E-state index contributed by atoms with van der Waals surface area (Å²) >= 11 is 3.54. The van der Waals surface area contributed by atoms with E-state index >= 15 is 0 Å². The Bertz CT molecular complexity index is 420. The third-order valence-corrected chi connectivity index (χ3v) is 2.75. The van der Waals surface area contributed by atoms with Gasteiger partial charge in [0.1, 0.15) is 0 Å². The van der Waals surface area contributed by atoms with Crippen molar-refractivity contribution in [1.82, 2.24) is 4.57 Å². The lowest BCUT2D eigenvalue weighted by Crippen LogP contribution is -2.08. The van der Waals surface area contributed by atoms with Gasteiger partial charge in [0.25, 0.3) is 0 Å². The molecule has 2 rings (SSSR count). The molecule has 1 aromatic heterocycles. The quantitative estimate of drug-likeness (QED) is 0.856. The van der Waals surface area contributed by atoms with Crippen LogP contribution in [0, 0.1) is 0 Å². The van der Waals surface area contributed by atoms with Gasteiger partial charge < -0.3 is 10.3 Å². The van der Waals surface area contributed by atoms with E-state index in [1.807, 2.05) is 6.07 Å². The van der Waals surface area contributed by atoms with Crippen LogP contribution >= 0.6 is 15.9 Å². The van der Waals surface area contributed by atoms with Gasteiger partial charge in [-0.3, -0.25) is 0 Å². The van der Waals surface area contributed by atoms with Crippen LogP contribution in [0.2, 0.25) is 0 Å². The fraction of sp³-hybridized carbons (Fsp3) is 0.200. The van der Waals surface area contributed by atoms with Gasteiger partial charge in [-0.2, -0.15) is 0 Å². The number of nitrogens with zero attached hydrogens (tertiary/aromatic N) is 1. The second-order valence-electron chi connectivity index (χ2n) is 2.98. The first-order valence-electron chi connectivity index (χ1n) is 4.26. The van der Waals surface area contributed by atoms with Crippen LogP contribution in [-0.4, -0.2) is 11.1 Å². The van der Waals surface area contributed by atoms with Crippen LogP contribution in [0.5, 0.6) is 0 Å². The van der Waals surface area contributed by atoms with Crippen molar-refractivity contribution in [3.63, 3.8) is 0 Å². The largest absolute Gasteiger partial charge is 0.345 e. The second kappa shape index (κ2) is 3.52. The molecule has 0 radical (unpaired) electrons. The van der Waals surface area contributed by atoms with Gasteiger partial charge in [0.15, 0.2) is 0 Å². The molecule has 68 valence electrons. The van der Waals surface area contributed by atoms with Gasteiger partial charge in [-0.15, -0.1) is 0 Å². The molecule has 2 N–H and O–H groups in total. The summed E-state index contributed by atoms with van der Waals surface area (Å²) in [7, 11) is 0. The molecule has 2 aromatic rings. The highest BCUT2D eigenvalue weighted by Crippen LogP contribution is 2.24. The number of halogens is 1. The lowest BCUT2D eigenvalue weighted by atomic mass is 10.2. The molecule has 0 spiro atoms. The highest BCUT2D eigenvalue weighted by atomic mass is 79.9. The SMILES string of the molecule is NCCn1ccc2cccc(Br)c21. The molecule has 0 amide bonds. The first kappa shape index (κ1) is 8.78. The Morgan fingerprint density at radius 2 is 2.15 bits per heavy atom. The standard InChI is InChI=1S/C10H11BrN2/c11-9-3-1-2-8-4-6-13(7-5-12)10(8)9/h1-4,6H,5,7,12H2. The maximum atomic E-state index is 5.52. The Labute approximate surface area is 85.5 Å². The molecule has 13 heavy (non-hydrogen) atoms. The topological polar surface area (TPSA) is 30.9 Å². The number of nitrogens with two attached hydrogens (primary N) is 1. The van der Waals surface area contributed by atoms with Crippen LogP contribution in [0.15, 0.2) is 34.9 Å². The average molecular weight is 239 g/mol. The molecule has 0 atom stereocenters. The number of hydrogen-bond acceptors (Lipinski definition) is 1. The summed E-state index contributed by atoms with van der Waals surface area (Å²) in [5.41, 5.74) is 6.75. The Balaban J connectivity index is 2.64. The van der Waals surface area contributed by atoms with Crippen molar-refractivity contribution >= 4 is 26.8 Å². The zero-order valence-corrected chi connectivity index (χ0v) is 8.79. The van der Waals surface area contributed by atoms with Crippen molar-refractivity contribution in [2.24, 2.45) is 5.73 Å². The maximum Gasteiger partial charge on any atom is 0.0625 e. The minimum absolute atomic E-state index is 0.672. The van der Waals surface area contributed by atoms with Crippen LogP contribution in [0.3, 0.4) is 0 Å². The van der Waals surface area contributed by atoms with Crippen LogP contribution in [0.1, 0.15) is 0 Å². The van der Waals surface area contributed by atoms with E-state index < -0.39 is 0 Å². The van der Waals surface area contributed by atoms with Gasteiger partial charge in [-0.05, 0) is 28.1 Å². The molecule has 0 bridgehead atoms. The summed E-state index contributed by atoms with van der Waals surface area (Å²) in [6, 6.07) is 8.30. The van der Waals surface area contributed by atoms with Crippen LogP contribution < -0.4 is 5.73 Å². The Hall–Kier alpha value is -0.800. The summed E-state index contributed by atoms with van der Waals surface area (Å²) in [6.45, 7) is 1.54. The summed E-state index contributed by atoms with van der Waals surface area (Å²) in [6.07, 6.45) is 2.07. The first-order chi connectivity index (χ1) is 6.33. The number of rotatable bonds is 2. The molecule has 0 saturated carbocycles. The monoisotopic (exact) mass is 238 g/mol. The maximum absolute atomic E-state index is 5.52. The van der Waals surface area contributed by atoms with Gasteiger partial charge >= 0.3 is 0 Å². The number of fused-ring (bicyclic) bond motifs is 1. The van der Waals surface area contributed by atoms with E-state index in [0.717, 1.165) is 11.0 Å². The van der Waals surface area contributed by atoms with Crippen molar-refractivity contribution in [3.8, 4) is 0 Å². The van der Waals surface area contributed by atoms with Gasteiger partial charge in [0, 0.05) is 29.1 Å². The van der Waals surface area contributed by atoms with Crippen molar-refractivity contribution in [2.45, 2.75) is 6.54 Å². The van der Waals surface area contributed by atoms with Crippen molar-refractivity contribution in [3.05, 3.63) is 34.9 Å². The Morgan fingerprint density at radius 1 is 1.31 bits per heavy atom. The zero-order valence-electron chi connectivity index (χ0n) is 7.20. The zero-order chi connectivity index (χ0) is 9.26. The highest BCUT2D eigenvalue weighted by molar-refractivity contribution is 9.10. The molecule has 2 nitrogen and oxygen atoms in total. The first-order valence-corrected chi connectivity index (χ1v) is 5.05. The average Bonchev–Trinajstić information content (AvgIpc) is 2.51. The summed E-state index contributed by atoms with van der Waals surface area (Å²) < 4.78 is 3.29. The van der Waals surface area contributed by atoms with E-state index in [2.05, 4.69) is 44.9 Å². The van der Waals surface area contributed by atoms with E-state index in [4.69, 9.17) is 5.73 Å². The minimum atomic E-state index is 0.672. The summed E-state index contributed by atoms with van der Waals surface area (Å²) in [5, 5.41) is 1.25. The predicted molar refractivity (Wildman–Crippen MR) is 58.7 cm³/mol. The molecule has 1 aromatic carbocycles. The fourth-order valence-corrected chi connectivity index (χ4v) is 2.15. The minimum Gasteiger partial charge on any atom is -0.345 e. The second-order valence-corrected chi connectivity index (χ2v) is 3.83. The van der Waals surface area contributed by atoms with Gasteiger partial charge in [0.2, 0.25) is 0 Å². The van der Waals surface area contributed by atoms with Crippen molar-refractivity contribution in [2.75, 3.05) is 6.54 Å². The van der Waals surface area contributed by atoms with Crippen LogP contribution in [0.4, 0.5) is 0 Å². The molecule has 1 heterocycles. The molecular weight excluding hydrogens is 228 g/mol.